The molecule has 0 saturated heterocycles. The maximum atomic E-state index is 11.6. The van der Waals surface area contributed by atoms with Gasteiger partial charge in [0.1, 0.15) is 0 Å². The lowest BCUT2D eigenvalue weighted by Gasteiger charge is -2.11. The molecule has 3 nitrogen and oxygen atoms in total. The number of carbonyl (C=O) groups excluding carboxylic acids is 1. The minimum Gasteiger partial charge on any atom is -0.354 e. The molecule has 0 bridgehead atoms. The van der Waals surface area contributed by atoms with Crippen LogP contribution in [-0.4, -0.2) is 25.5 Å². The summed E-state index contributed by atoms with van der Waals surface area (Å²) in [6.45, 7) is 4.83. The molecule has 18 heavy (non-hydrogen) atoms. The predicted octanol–water partition coefficient (Wildman–Crippen LogP) is 1.94. The highest BCUT2D eigenvalue weighted by Crippen LogP contribution is 2.05. The monoisotopic (exact) mass is 270 g/mol. The summed E-state index contributed by atoms with van der Waals surface area (Å²) in [5.74, 6) is 0.0800. The van der Waals surface area contributed by atoms with Gasteiger partial charge in [0.2, 0.25) is 5.91 Å². The molecular weight excluding hydrogens is 248 g/mol. The van der Waals surface area contributed by atoms with Crippen LogP contribution in [0.15, 0.2) is 24.3 Å². The summed E-state index contributed by atoms with van der Waals surface area (Å²) in [6.07, 6.45) is 1.49. The first-order valence-electron chi connectivity index (χ1n) is 6.17. The van der Waals surface area contributed by atoms with Crippen LogP contribution in [0.1, 0.15) is 25.0 Å². The summed E-state index contributed by atoms with van der Waals surface area (Å²) in [5, 5.41) is 5.99. The first-order chi connectivity index (χ1) is 8.15. The van der Waals surface area contributed by atoms with Crippen molar-refractivity contribution in [1.29, 1.82) is 0 Å². The summed E-state index contributed by atoms with van der Waals surface area (Å²) in [4.78, 5) is 11.6. The van der Waals surface area contributed by atoms with E-state index < -0.39 is 0 Å². The highest BCUT2D eigenvalue weighted by molar-refractivity contribution is 5.85. The number of likely N-dealkylation sites (N-methyl/N-ethyl adjacent to an activating group) is 1. The van der Waals surface area contributed by atoms with E-state index in [1.54, 1.807) is 0 Å². The van der Waals surface area contributed by atoms with E-state index in [1.165, 1.54) is 5.56 Å². The number of amides is 1. The molecule has 4 heteroatoms. The maximum Gasteiger partial charge on any atom is 0.224 e. The lowest BCUT2D eigenvalue weighted by Crippen LogP contribution is -2.37. The lowest BCUT2D eigenvalue weighted by molar-refractivity contribution is -0.120. The molecule has 0 spiro atoms. The zero-order valence-corrected chi connectivity index (χ0v) is 12.1. The fraction of sp³-hybridized carbons (Fsp3) is 0.500. The van der Waals surface area contributed by atoms with Crippen molar-refractivity contribution in [3.05, 3.63) is 35.4 Å². The lowest BCUT2D eigenvalue weighted by atomic mass is 10.1. The number of nitrogens with one attached hydrogen (secondary N) is 2. The van der Waals surface area contributed by atoms with Gasteiger partial charge in [0.25, 0.3) is 0 Å². The smallest absolute Gasteiger partial charge is 0.224 e. The topological polar surface area (TPSA) is 41.1 Å². The second-order valence-corrected chi connectivity index (χ2v) is 4.34. The van der Waals surface area contributed by atoms with E-state index in [9.17, 15) is 4.79 Å². The van der Waals surface area contributed by atoms with Gasteiger partial charge < -0.3 is 10.6 Å². The molecule has 0 saturated carbocycles. The number of aryl methyl sites for hydroxylation is 1. The number of hydrogen-bond acceptors (Lipinski definition) is 2. The van der Waals surface area contributed by atoms with Crippen LogP contribution in [0.5, 0.6) is 0 Å². The fourth-order valence-corrected chi connectivity index (χ4v) is 1.51. The van der Waals surface area contributed by atoms with Gasteiger partial charge in [-0.1, -0.05) is 31.2 Å². The highest BCUT2D eigenvalue weighted by atomic mass is 35.5. The van der Waals surface area contributed by atoms with Crippen LogP contribution >= 0.6 is 12.4 Å². The SMILES string of the molecule is CCc1ccc(CC(=O)NCC(C)NC)cc1.Cl. The Labute approximate surface area is 116 Å². The highest BCUT2D eigenvalue weighted by Gasteiger charge is 2.04. The fourth-order valence-electron chi connectivity index (χ4n) is 1.51. The molecule has 0 aliphatic heterocycles. The molecule has 0 radical (unpaired) electrons. The molecule has 1 aromatic rings. The minimum absolute atomic E-state index is 0. The van der Waals surface area contributed by atoms with Crippen LogP contribution in [0.2, 0.25) is 0 Å². The van der Waals surface area contributed by atoms with Crippen LogP contribution in [0.4, 0.5) is 0 Å². The molecule has 1 rings (SSSR count). The summed E-state index contributed by atoms with van der Waals surface area (Å²) in [6, 6.07) is 8.53. The summed E-state index contributed by atoms with van der Waals surface area (Å²) in [5.41, 5.74) is 2.37. The number of halogens is 1. The molecule has 0 aliphatic carbocycles. The summed E-state index contributed by atoms with van der Waals surface area (Å²) < 4.78 is 0. The van der Waals surface area contributed by atoms with Crippen molar-refractivity contribution in [2.75, 3.05) is 13.6 Å². The Hall–Kier alpha value is -1.06. The van der Waals surface area contributed by atoms with Crippen LogP contribution in [-0.2, 0) is 17.6 Å². The van der Waals surface area contributed by atoms with Gasteiger partial charge >= 0.3 is 0 Å². The van der Waals surface area contributed by atoms with Crippen LogP contribution in [0.25, 0.3) is 0 Å². The summed E-state index contributed by atoms with van der Waals surface area (Å²) >= 11 is 0. The van der Waals surface area contributed by atoms with Crippen LogP contribution in [0.3, 0.4) is 0 Å². The molecule has 0 fully saturated rings. The quantitative estimate of drug-likeness (QED) is 0.830. The second kappa shape index (κ2) is 8.95. The van der Waals surface area contributed by atoms with Gasteiger partial charge in [0.15, 0.2) is 0 Å². The molecule has 2 N–H and O–H groups in total. The average Bonchev–Trinajstić information content (AvgIpc) is 2.36. The standard InChI is InChI=1S/C14H22N2O.ClH/c1-4-12-5-7-13(8-6-12)9-14(17)16-10-11(2)15-3;/h5-8,11,15H,4,9-10H2,1-3H3,(H,16,17);1H. The van der Waals surface area contributed by atoms with E-state index in [4.69, 9.17) is 0 Å². The Morgan fingerprint density at radius 2 is 1.78 bits per heavy atom. The van der Waals surface area contributed by atoms with Crippen molar-refractivity contribution in [3.8, 4) is 0 Å². The first kappa shape index (κ1) is 16.9. The largest absolute Gasteiger partial charge is 0.354 e. The average molecular weight is 271 g/mol. The zero-order chi connectivity index (χ0) is 12.7. The Bertz CT molecular complexity index is 351. The maximum absolute atomic E-state index is 11.6. The number of rotatable bonds is 6. The molecule has 1 atom stereocenters. The van der Waals surface area contributed by atoms with Crippen LogP contribution in [0, 0.1) is 0 Å². The Morgan fingerprint density at radius 1 is 1.22 bits per heavy atom. The van der Waals surface area contributed by atoms with E-state index in [0.29, 0.717) is 19.0 Å². The molecule has 1 amide bonds. The molecule has 1 aromatic carbocycles. The van der Waals surface area contributed by atoms with Gasteiger partial charge in [-0.15, -0.1) is 12.4 Å². The molecule has 0 heterocycles. The van der Waals surface area contributed by atoms with E-state index in [-0.39, 0.29) is 18.3 Å². The molecule has 0 aliphatic rings. The van der Waals surface area contributed by atoms with Crippen molar-refractivity contribution in [3.63, 3.8) is 0 Å². The molecular formula is C14H23ClN2O. The normalized spacial score (nSPS) is 11.5. The third kappa shape index (κ3) is 6.03. The van der Waals surface area contributed by atoms with Crippen molar-refractivity contribution >= 4 is 18.3 Å². The Kier molecular flexibility index (Phi) is 8.42. The van der Waals surface area contributed by atoms with E-state index >= 15 is 0 Å². The van der Waals surface area contributed by atoms with Crippen molar-refractivity contribution in [2.45, 2.75) is 32.7 Å². The van der Waals surface area contributed by atoms with Gasteiger partial charge in [-0.25, -0.2) is 0 Å². The zero-order valence-electron chi connectivity index (χ0n) is 11.3. The molecule has 0 aromatic heterocycles. The number of carbonyl (C=O) groups is 1. The number of benzene rings is 1. The van der Waals surface area contributed by atoms with Gasteiger partial charge in [-0.2, -0.15) is 0 Å². The van der Waals surface area contributed by atoms with Gasteiger partial charge in [0.05, 0.1) is 6.42 Å². The van der Waals surface area contributed by atoms with Gasteiger partial charge in [0, 0.05) is 12.6 Å². The van der Waals surface area contributed by atoms with Gasteiger partial charge in [-0.05, 0) is 31.5 Å². The number of hydrogen-bond donors (Lipinski definition) is 2. The Balaban J connectivity index is 0.00000289. The third-order valence-corrected chi connectivity index (χ3v) is 2.89. The first-order valence-corrected chi connectivity index (χ1v) is 6.17. The molecule has 1 unspecified atom stereocenters. The molecule has 102 valence electrons. The van der Waals surface area contributed by atoms with Crippen LogP contribution < -0.4 is 10.6 Å². The van der Waals surface area contributed by atoms with E-state index in [0.717, 1.165) is 12.0 Å². The van der Waals surface area contributed by atoms with E-state index in [1.807, 2.05) is 26.1 Å². The van der Waals surface area contributed by atoms with Crippen molar-refractivity contribution in [1.82, 2.24) is 10.6 Å². The predicted molar refractivity (Wildman–Crippen MR) is 78.3 cm³/mol. The van der Waals surface area contributed by atoms with Gasteiger partial charge in [-0.3, -0.25) is 4.79 Å². The van der Waals surface area contributed by atoms with E-state index in [2.05, 4.69) is 29.7 Å². The second-order valence-electron chi connectivity index (χ2n) is 4.34. The summed E-state index contributed by atoms with van der Waals surface area (Å²) in [7, 11) is 1.89. The van der Waals surface area contributed by atoms with Crippen molar-refractivity contribution in [2.24, 2.45) is 0 Å². The Morgan fingerprint density at radius 3 is 2.28 bits per heavy atom. The minimum atomic E-state index is 0. The van der Waals surface area contributed by atoms with Crippen molar-refractivity contribution < 1.29 is 4.79 Å². The third-order valence-electron chi connectivity index (χ3n) is 2.89.